The smallest absolute Gasteiger partial charge is 0.281 e. The summed E-state index contributed by atoms with van der Waals surface area (Å²) in [6.07, 6.45) is 1.73. The third-order valence-corrected chi connectivity index (χ3v) is 3.92. The van der Waals surface area contributed by atoms with Crippen LogP contribution >= 0.6 is 23.4 Å². The number of nitrogens with zero attached hydrogens (tertiary/aromatic N) is 2. The molecule has 0 saturated carbocycles. The summed E-state index contributed by atoms with van der Waals surface area (Å²) in [5, 5.41) is 8.97. The van der Waals surface area contributed by atoms with Crippen molar-refractivity contribution in [3.8, 4) is 0 Å². The summed E-state index contributed by atoms with van der Waals surface area (Å²) in [6.45, 7) is 3.83. The Labute approximate surface area is 121 Å². The lowest BCUT2D eigenvalue weighted by atomic mass is 10.1. The first kappa shape index (κ1) is 14.4. The lowest BCUT2D eigenvalue weighted by Gasteiger charge is -2.10. The number of hydrogen-bond donors (Lipinski definition) is 1. The topological polar surface area (TPSA) is 64.9 Å². The Morgan fingerprint density at radius 3 is 2.79 bits per heavy atom. The lowest BCUT2D eigenvalue weighted by Crippen LogP contribution is -2.21. The van der Waals surface area contributed by atoms with E-state index >= 15 is 0 Å². The monoisotopic (exact) mass is 297 g/mol. The number of aryl methyl sites for hydroxylation is 1. The van der Waals surface area contributed by atoms with E-state index in [1.54, 1.807) is 6.92 Å². The Kier molecular flexibility index (Phi) is 4.85. The summed E-state index contributed by atoms with van der Waals surface area (Å²) < 4.78 is 5.32. The van der Waals surface area contributed by atoms with Crippen LogP contribution in [0.5, 0.6) is 0 Å². The second-order valence-electron chi connectivity index (χ2n) is 4.31. The highest BCUT2D eigenvalue weighted by Crippen LogP contribution is 2.30. The predicted octanol–water partition coefficient (Wildman–Crippen LogP) is 3.46. The standard InChI is InChI=1S/C13H16ClN3OS/c1-3-10(15)6-9-4-5-11(7-12(9)14)19-13-17-16-8(2)18-13/h4-5,7,10H,3,6,15H2,1-2H3. The molecule has 0 amide bonds. The van der Waals surface area contributed by atoms with Crippen molar-refractivity contribution in [1.29, 1.82) is 0 Å². The van der Waals surface area contributed by atoms with E-state index in [9.17, 15) is 0 Å². The van der Waals surface area contributed by atoms with Crippen molar-refractivity contribution in [2.75, 3.05) is 0 Å². The van der Waals surface area contributed by atoms with Crippen LogP contribution in [0.1, 0.15) is 24.8 Å². The average Bonchev–Trinajstić information content (AvgIpc) is 2.78. The van der Waals surface area contributed by atoms with E-state index in [2.05, 4.69) is 17.1 Å². The largest absolute Gasteiger partial charge is 0.416 e. The first-order valence-corrected chi connectivity index (χ1v) is 7.30. The fraction of sp³-hybridized carbons (Fsp3) is 0.385. The molecule has 1 atom stereocenters. The molecule has 1 aromatic heterocycles. The second-order valence-corrected chi connectivity index (χ2v) is 5.75. The molecule has 102 valence electrons. The summed E-state index contributed by atoms with van der Waals surface area (Å²) in [4.78, 5) is 0.975. The number of rotatable bonds is 5. The third-order valence-electron chi connectivity index (χ3n) is 2.74. The maximum absolute atomic E-state index is 6.27. The molecule has 0 fully saturated rings. The Hall–Kier alpha value is -1.04. The molecule has 6 heteroatoms. The maximum atomic E-state index is 6.27. The lowest BCUT2D eigenvalue weighted by molar-refractivity contribution is 0.429. The van der Waals surface area contributed by atoms with Gasteiger partial charge in [-0.15, -0.1) is 10.2 Å². The zero-order valence-corrected chi connectivity index (χ0v) is 12.5. The third kappa shape index (κ3) is 3.96. The molecule has 2 N–H and O–H groups in total. The molecule has 2 aromatic rings. The van der Waals surface area contributed by atoms with Crippen LogP contribution in [0.25, 0.3) is 0 Å². The Morgan fingerprint density at radius 2 is 2.21 bits per heavy atom. The molecule has 19 heavy (non-hydrogen) atoms. The van der Waals surface area contributed by atoms with Crippen molar-refractivity contribution in [2.45, 2.75) is 42.8 Å². The summed E-state index contributed by atoms with van der Waals surface area (Å²) in [5.41, 5.74) is 7.01. The Morgan fingerprint density at radius 1 is 1.42 bits per heavy atom. The van der Waals surface area contributed by atoms with Gasteiger partial charge in [0.25, 0.3) is 5.22 Å². The van der Waals surface area contributed by atoms with Gasteiger partial charge in [-0.3, -0.25) is 0 Å². The summed E-state index contributed by atoms with van der Waals surface area (Å²) >= 11 is 7.67. The molecule has 1 aromatic carbocycles. The van der Waals surface area contributed by atoms with Crippen LogP contribution in [-0.2, 0) is 6.42 Å². The molecule has 0 aliphatic carbocycles. The van der Waals surface area contributed by atoms with Gasteiger partial charge in [0.05, 0.1) is 0 Å². The highest BCUT2D eigenvalue weighted by atomic mass is 35.5. The maximum Gasteiger partial charge on any atom is 0.281 e. The van der Waals surface area contributed by atoms with Crippen molar-refractivity contribution in [2.24, 2.45) is 5.73 Å². The van der Waals surface area contributed by atoms with E-state index in [4.69, 9.17) is 21.8 Å². The number of benzene rings is 1. The van der Waals surface area contributed by atoms with Crippen LogP contribution in [0.15, 0.2) is 32.7 Å². The van der Waals surface area contributed by atoms with Gasteiger partial charge in [-0.2, -0.15) is 0 Å². The van der Waals surface area contributed by atoms with Gasteiger partial charge in [0, 0.05) is 22.9 Å². The van der Waals surface area contributed by atoms with Gasteiger partial charge in [-0.1, -0.05) is 24.6 Å². The van der Waals surface area contributed by atoms with E-state index in [0.717, 1.165) is 28.3 Å². The highest BCUT2D eigenvalue weighted by molar-refractivity contribution is 7.99. The highest BCUT2D eigenvalue weighted by Gasteiger charge is 2.09. The van der Waals surface area contributed by atoms with E-state index in [-0.39, 0.29) is 6.04 Å². The Bertz CT molecular complexity index is 559. The normalized spacial score (nSPS) is 12.6. The van der Waals surface area contributed by atoms with Gasteiger partial charge >= 0.3 is 0 Å². The van der Waals surface area contributed by atoms with Crippen LogP contribution in [0.4, 0.5) is 0 Å². The minimum atomic E-state index is 0.148. The van der Waals surface area contributed by atoms with Gasteiger partial charge in [0.1, 0.15) is 0 Å². The number of halogens is 1. The fourth-order valence-corrected chi connectivity index (χ4v) is 2.69. The molecule has 1 heterocycles. The SMILES string of the molecule is CCC(N)Cc1ccc(Sc2nnc(C)o2)cc1Cl. The zero-order valence-electron chi connectivity index (χ0n) is 10.9. The Balaban J connectivity index is 2.10. The molecule has 0 bridgehead atoms. The van der Waals surface area contributed by atoms with Gasteiger partial charge in [-0.05, 0) is 42.3 Å². The van der Waals surface area contributed by atoms with E-state index < -0.39 is 0 Å². The number of nitrogens with two attached hydrogens (primary N) is 1. The molecular formula is C13H16ClN3OS. The van der Waals surface area contributed by atoms with Crippen molar-refractivity contribution < 1.29 is 4.42 Å². The molecule has 0 aliphatic rings. The molecule has 0 radical (unpaired) electrons. The zero-order chi connectivity index (χ0) is 13.8. The van der Waals surface area contributed by atoms with Gasteiger partial charge in [0.15, 0.2) is 0 Å². The minimum Gasteiger partial charge on any atom is -0.416 e. The summed E-state index contributed by atoms with van der Waals surface area (Å²) in [5.74, 6) is 0.555. The minimum absolute atomic E-state index is 0.148. The molecule has 2 rings (SSSR count). The predicted molar refractivity (Wildman–Crippen MR) is 76.6 cm³/mol. The quantitative estimate of drug-likeness (QED) is 0.915. The molecule has 0 spiro atoms. The van der Waals surface area contributed by atoms with Gasteiger partial charge < -0.3 is 10.2 Å². The molecule has 4 nitrogen and oxygen atoms in total. The fourth-order valence-electron chi connectivity index (χ4n) is 1.60. The van der Waals surface area contributed by atoms with Crippen molar-refractivity contribution in [3.63, 3.8) is 0 Å². The van der Waals surface area contributed by atoms with Crippen LogP contribution in [0.2, 0.25) is 5.02 Å². The van der Waals surface area contributed by atoms with Crippen LogP contribution in [0.3, 0.4) is 0 Å². The van der Waals surface area contributed by atoms with E-state index in [1.165, 1.54) is 11.8 Å². The van der Waals surface area contributed by atoms with Crippen molar-refractivity contribution in [1.82, 2.24) is 10.2 Å². The van der Waals surface area contributed by atoms with E-state index in [1.807, 2.05) is 18.2 Å². The van der Waals surface area contributed by atoms with Crippen LogP contribution in [0, 0.1) is 6.92 Å². The van der Waals surface area contributed by atoms with Crippen LogP contribution < -0.4 is 5.73 Å². The molecule has 0 aliphatic heterocycles. The molecular weight excluding hydrogens is 282 g/mol. The average molecular weight is 298 g/mol. The van der Waals surface area contributed by atoms with Gasteiger partial charge in [-0.25, -0.2) is 0 Å². The summed E-state index contributed by atoms with van der Waals surface area (Å²) in [7, 11) is 0. The van der Waals surface area contributed by atoms with Gasteiger partial charge in [0.2, 0.25) is 5.89 Å². The number of aromatic nitrogens is 2. The summed E-state index contributed by atoms with van der Waals surface area (Å²) in [6, 6.07) is 6.05. The molecule has 1 unspecified atom stereocenters. The first-order chi connectivity index (χ1) is 9.08. The number of hydrogen-bond acceptors (Lipinski definition) is 5. The first-order valence-electron chi connectivity index (χ1n) is 6.10. The van der Waals surface area contributed by atoms with Crippen molar-refractivity contribution in [3.05, 3.63) is 34.7 Å². The second kappa shape index (κ2) is 6.41. The molecule has 0 saturated heterocycles. The van der Waals surface area contributed by atoms with Crippen molar-refractivity contribution >= 4 is 23.4 Å². The van der Waals surface area contributed by atoms with E-state index in [0.29, 0.717) is 11.1 Å². The van der Waals surface area contributed by atoms with Crippen LogP contribution in [-0.4, -0.2) is 16.2 Å².